The van der Waals surface area contributed by atoms with E-state index in [9.17, 15) is 14.4 Å². The summed E-state index contributed by atoms with van der Waals surface area (Å²) in [6.07, 6.45) is 16.4. The van der Waals surface area contributed by atoms with Crippen LogP contribution in [-0.4, -0.2) is 24.4 Å². The number of halogens is 1. The molecule has 2 atom stereocenters. The number of nitrogens with zero attached hydrogens (tertiary/aromatic N) is 1. The van der Waals surface area contributed by atoms with Crippen molar-refractivity contribution in [3.63, 3.8) is 0 Å². The lowest BCUT2D eigenvalue weighted by Crippen LogP contribution is -2.50. The summed E-state index contributed by atoms with van der Waals surface area (Å²) in [7, 11) is 0. The fourth-order valence-corrected chi connectivity index (χ4v) is 9.28. The summed E-state index contributed by atoms with van der Waals surface area (Å²) in [5.41, 5.74) is 5.05. The minimum Gasteiger partial charge on any atom is -0.462 e. The van der Waals surface area contributed by atoms with E-state index in [1.807, 2.05) is 24.3 Å². The zero-order valence-corrected chi connectivity index (χ0v) is 28.6. The van der Waals surface area contributed by atoms with Crippen molar-refractivity contribution < 1.29 is 19.1 Å². The normalized spacial score (nSPS) is 22.5. The van der Waals surface area contributed by atoms with Crippen molar-refractivity contribution in [1.82, 2.24) is 0 Å². The van der Waals surface area contributed by atoms with Gasteiger partial charge in [-0.15, -0.1) is 0 Å². The van der Waals surface area contributed by atoms with Crippen LogP contribution >= 0.6 is 15.9 Å². The number of alkyl halides is 1. The second-order valence-corrected chi connectivity index (χ2v) is 14.6. The van der Waals surface area contributed by atoms with Crippen LogP contribution in [-0.2, 0) is 18.7 Å². The molecule has 7 rings (SSSR count). The lowest BCUT2D eigenvalue weighted by Gasteiger charge is -2.51. The Bertz CT molecular complexity index is 1520. The maximum atomic E-state index is 14.2. The van der Waals surface area contributed by atoms with E-state index in [1.165, 1.54) is 69.1 Å². The Morgan fingerprint density at radius 1 is 0.717 bits per heavy atom. The predicted molar refractivity (Wildman–Crippen MR) is 186 cm³/mol. The SMILES string of the molecule is CCCCCCCCCCCCCCCOC(=O)c1cccc(N2C(=O)C3C4c5ccccc5C(Br)(c5ccccc54)C3C2=O)c1. The van der Waals surface area contributed by atoms with Crippen molar-refractivity contribution in [2.45, 2.75) is 101 Å². The van der Waals surface area contributed by atoms with Gasteiger partial charge in [0, 0.05) is 5.92 Å². The van der Waals surface area contributed by atoms with E-state index in [2.05, 4.69) is 47.1 Å². The molecule has 6 heteroatoms. The van der Waals surface area contributed by atoms with Crippen LogP contribution in [0.15, 0.2) is 72.8 Å². The van der Waals surface area contributed by atoms with Crippen LogP contribution < -0.4 is 4.90 Å². The molecule has 3 aromatic carbocycles. The quantitative estimate of drug-likeness (QED) is 0.0652. The van der Waals surface area contributed by atoms with Gasteiger partial charge in [-0.25, -0.2) is 9.69 Å². The molecule has 1 saturated heterocycles. The number of ether oxygens (including phenoxy) is 1. The summed E-state index contributed by atoms with van der Waals surface area (Å²) in [5.74, 6) is -2.19. The summed E-state index contributed by atoms with van der Waals surface area (Å²) in [5, 5.41) is 0. The summed E-state index contributed by atoms with van der Waals surface area (Å²) in [6, 6.07) is 23.1. The molecule has 3 aromatic rings. The highest BCUT2D eigenvalue weighted by Crippen LogP contribution is 2.66. The summed E-state index contributed by atoms with van der Waals surface area (Å²) >= 11 is 4.04. The molecule has 4 aliphatic rings. The molecule has 1 aliphatic heterocycles. The molecular formula is C40H46BrNO4. The Balaban J connectivity index is 1.03. The molecule has 1 heterocycles. The number of carbonyl (C=O) groups excluding carboxylic acids is 3. The molecule has 2 amide bonds. The van der Waals surface area contributed by atoms with E-state index in [1.54, 1.807) is 24.3 Å². The molecule has 0 radical (unpaired) electrons. The number of unbranched alkanes of at least 4 members (excludes halogenated alkanes) is 12. The first-order chi connectivity index (χ1) is 22.5. The number of imide groups is 1. The minimum absolute atomic E-state index is 0.202. The molecule has 1 fully saturated rings. The molecular weight excluding hydrogens is 638 g/mol. The largest absolute Gasteiger partial charge is 0.462 e. The fourth-order valence-electron chi connectivity index (χ4n) is 8.07. The molecule has 0 aromatic heterocycles. The third-order valence-corrected chi connectivity index (χ3v) is 11.7. The Morgan fingerprint density at radius 2 is 1.26 bits per heavy atom. The Labute approximate surface area is 282 Å². The first-order valence-corrected chi connectivity index (χ1v) is 18.3. The number of rotatable bonds is 16. The van der Waals surface area contributed by atoms with Crippen molar-refractivity contribution in [1.29, 1.82) is 0 Å². The van der Waals surface area contributed by atoms with Gasteiger partial charge in [-0.1, -0.05) is 155 Å². The van der Waals surface area contributed by atoms with E-state index in [0.29, 0.717) is 17.9 Å². The summed E-state index contributed by atoms with van der Waals surface area (Å²) in [6.45, 7) is 2.63. The van der Waals surface area contributed by atoms with Crippen LogP contribution in [0, 0.1) is 11.8 Å². The van der Waals surface area contributed by atoms with E-state index in [0.717, 1.165) is 41.5 Å². The average Bonchev–Trinajstić information content (AvgIpc) is 3.35. The first kappa shape index (κ1) is 32.7. The third-order valence-electron chi connectivity index (χ3n) is 10.3. The van der Waals surface area contributed by atoms with Crippen molar-refractivity contribution in [3.05, 3.63) is 101 Å². The van der Waals surface area contributed by atoms with Gasteiger partial charge in [0.15, 0.2) is 0 Å². The van der Waals surface area contributed by atoms with Crippen LogP contribution in [0.1, 0.15) is 129 Å². The lowest BCUT2D eigenvalue weighted by atomic mass is 9.55. The van der Waals surface area contributed by atoms with Crippen LogP contribution in [0.25, 0.3) is 0 Å². The number of anilines is 1. The third kappa shape index (κ3) is 6.10. The zero-order chi connectivity index (χ0) is 32.1. The van der Waals surface area contributed by atoms with Gasteiger partial charge in [0.05, 0.1) is 34.0 Å². The topological polar surface area (TPSA) is 63.7 Å². The van der Waals surface area contributed by atoms with Gasteiger partial charge in [-0.2, -0.15) is 0 Å². The molecule has 5 nitrogen and oxygen atoms in total. The monoisotopic (exact) mass is 683 g/mol. The minimum atomic E-state index is -0.800. The highest BCUT2D eigenvalue weighted by Gasteiger charge is 2.67. The van der Waals surface area contributed by atoms with Gasteiger partial charge in [0.2, 0.25) is 11.8 Å². The second kappa shape index (κ2) is 14.7. The molecule has 46 heavy (non-hydrogen) atoms. The number of hydrogen-bond acceptors (Lipinski definition) is 4. The number of amides is 2. The maximum Gasteiger partial charge on any atom is 0.338 e. The van der Waals surface area contributed by atoms with Crippen LogP contribution in [0.4, 0.5) is 5.69 Å². The number of benzene rings is 3. The van der Waals surface area contributed by atoms with Gasteiger partial charge >= 0.3 is 5.97 Å². The Kier molecular flexibility index (Phi) is 10.4. The standard InChI is InChI=1S/C40H46BrNO4/c1-2-3-4-5-6-7-8-9-10-11-12-13-18-26-46-39(45)28-20-19-21-29(27-28)42-37(43)35-34-30-22-14-16-24-32(30)40(41,36(35)38(42)44)33-25-17-15-23-31(33)34/h14-17,19-25,27,34-36H,2-13,18,26H2,1H3. The number of hydrogen-bond donors (Lipinski definition) is 0. The predicted octanol–water partition coefficient (Wildman–Crippen LogP) is 9.84. The molecule has 3 aliphatic carbocycles. The van der Waals surface area contributed by atoms with Gasteiger partial charge in [0.25, 0.3) is 0 Å². The van der Waals surface area contributed by atoms with Crippen molar-refractivity contribution in [2.24, 2.45) is 11.8 Å². The van der Waals surface area contributed by atoms with Crippen LogP contribution in [0.5, 0.6) is 0 Å². The Morgan fingerprint density at radius 3 is 1.85 bits per heavy atom. The van der Waals surface area contributed by atoms with Crippen LogP contribution in [0.2, 0.25) is 0 Å². The van der Waals surface area contributed by atoms with Gasteiger partial charge in [-0.3, -0.25) is 9.59 Å². The highest BCUT2D eigenvalue weighted by molar-refractivity contribution is 9.09. The smallest absolute Gasteiger partial charge is 0.338 e. The van der Waals surface area contributed by atoms with Gasteiger partial charge < -0.3 is 4.74 Å². The van der Waals surface area contributed by atoms with E-state index < -0.39 is 22.1 Å². The molecule has 2 bridgehead atoms. The zero-order valence-electron chi connectivity index (χ0n) is 27.0. The molecule has 0 spiro atoms. The Hall–Kier alpha value is -3.25. The van der Waals surface area contributed by atoms with Crippen molar-refractivity contribution >= 4 is 39.4 Å². The van der Waals surface area contributed by atoms with Gasteiger partial charge in [0.1, 0.15) is 0 Å². The molecule has 0 N–H and O–H groups in total. The van der Waals surface area contributed by atoms with Crippen LogP contribution in [0.3, 0.4) is 0 Å². The highest BCUT2D eigenvalue weighted by atomic mass is 79.9. The van der Waals surface area contributed by atoms with E-state index in [4.69, 9.17) is 4.74 Å². The first-order valence-electron chi connectivity index (χ1n) is 17.5. The van der Waals surface area contributed by atoms with Crippen molar-refractivity contribution in [2.75, 3.05) is 11.5 Å². The number of carbonyl (C=O) groups is 3. The average molecular weight is 685 g/mol. The second-order valence-electron chi connectivity index (χ2n) is 13.3. The van der Waals surface area contributed by atoms with Crippen molar-refractivity contribution in [3.8, 4) is 0 Å². The molecule has 0 saturated carbocycles. The summed E-state index contributed by atoms with van der Waals surface area (Å²) in [4.78, 5) is 42.7. The van der Waals surface area contributed by atoms with E-state index >= 15 is 0 Å². The molecule has 242 valence electrons. The molecule has 2 unspecified atom stereocenters. The summed E-state index contributed by atoms with van der Waals surface area (Å²) < 4.78 is 4.80. The van der Waals surface area contributed by atoms with E-state index in [-0.39, 0.29) is 17.7 Å². The fraction of sp³-hybridized carbons (Fsp3) is 0.475. The number of esters is 1. The maximum absolute atomic E-state index is 14.2. The lowest BCUT2D eigenvalue weighted by molar-refractivity contribution is -0.122. The van der Waals surface area contributed by atoms with Gasteiger partial charge in [-0.05, 0) is 46.9 Å².